The van der Waals surface area contributed by atoms with Crippen LogP contribution in [0, 0.1) is 17.8 Å². The van der Waals surface area contributed by atoms with E-state index < -0.39 is 47.9 Å². The Bertz CT molecular complexity index is 844. The molecule has 0 aliphatic carbocycles. The highest BCUT2D eigenvalue weighted by molar-refractivity contribution is 8.00. The van der Waals surface area contributed by atoms with E-state index in [1.165, 1.54) is 18.7 Å². The zero-order valence-electron chi connectivity index (χ0n) is 22.5. The Morgan fingerprint density at radius 2 is 1.89 bits per heavy atom. The van der Waals surface area contributed by atoms with E-state index in [4.69, 9.17) is 14.2 Å². The van der Waals surface area contributed by atoms with E-state index in [1.807, 2.05) is 12.2 Å². The second-order valence-electron chi connectivity index (χ2n) is 11.6. The highest BCUT2D eigenvalue weighted by Crippen LogP contribution is 2.36. The van der Waals surface area contributed by atoms with E-state index >= 15 is 0 Å². The first-order chi connectivity index (χ1) is 18.1. The van der Waals surface area contributed by atoms with E-state index in [1.54, 1.807) is 0 Å². The lowest BCUT2D eigenvalue weighted by molar-refractivity contribution is -0.205. The van der Waals surface area contributed by atoms with Gasteiger partial charge in [0.1, 0.15) is 42.5 Å². The highest BCUT2D eigenvalue weighted by Gasteiger charge is 2.49. The summed E-state index contributed by atoms with van der Waals surface area (Å²) in [6.45, 7) is 7.30. The number of carbonyl (C=O) groups is 2. The Morgan fingerprint density at radius 3 is 2.63 bits per heavy atom. The average Bonchev–Trinajstić information content (AvgIpc) is 3.15. The molecule has 0 aromatic rings. The number of allylic oxidation sites excluding steroid dienone is 1. The van der Waals surface area contributed by atoms with Crippen molar-refractivity contribution in [3.05, 3.63) is 12.2 Å². The molecule has 0 saturated carbocycles. The van der Waals surface area contributed by atoms with Gasteiger partial charge in [-0.05, 0) is 49.9 Å². The summed E-state index contributed by atoms with van der Waals surface area (Å²) in [4.78, 5) is 24.8. The number of rotatable bonds is 6. The third kappa shape index (κ3) is 7.30. The Kier molecular flexibility index (Phi) is 10.5. The van der Waals surface area contributed by atoms with Gasteiger partial charge in [-0.3, -0.25) is 9.59 Å². The minimum absolute atomic E-state index is 0.133. The fourth-order valence-corrected chi connectivity index (χ4v) is 7.45. The van der Waals surface area contributed by atoms with E-state index in [0.29, 0.717) is 31.3 Å². The summed E-state index contributed by atoms with van der Waals surface area (Å²) in [5.41, 5.74) is -0.859. The Labute approximate surface area is 229 Å². The fourth-order valence-electron chi connectivity index (χ4n) is 6.19. The van der Waals surface area contributed by atoms with Crippen molar-refractivity contribution in [3.63, 3.8) is 0 Å². The molecule has 11 heteroatoms. The van der Waals surface area contributed by atoms with Gasteiger partial charge in [0, 0.05) is 25.3 Å². The first-order valence-corrected chi connectivity index (χ1v) is 14.9. The Balaban J connectivity index is 1.45. The lowest BCUT2D eigenvalue weighted by atomic mass is 9.85. The van der Waals surface area contributed by atoms with Crippen LogP contribution in [0.3, 0.4) is 0 Å². The van der Waals surface area contributed by atoms with Crippen LogP contribution in [0.5, 0.6) is 0 Å². The number of amides is 1. The molecule has 0 aromatic carbocycles. The molecule has 4 aliphatic rings. The normalized spacial score (nSPS) is 42.6. The molecule has 3 fully saturated rings. The lowest BCUT2D eigenvalue weighted by Crippen LogP contribution is -2.64. The topological polar surface area (TPSA) is 147 Å². The summed E-state index contributed by atoms with van der Waals surface area (Å²) in [6, 6.07) is -1.13. The summed E-state index contributed by atoms with van der Waals surface area (Å²) in [5.74, 6) is 0.868. The minimum atomic E-state index is -1.44. The van der Waals surface area contributed by atoms with E-state index in [0.717, 1.165) is 25.8 Å². The molecule has 11 atom stereocenters. The molecule has 3 saturated heterocycles. The summed E-state index contributed by atoms with van der Waals surface area (Å²) in [6.07, 6.45) is 2.66. The summed E-state index contributed by atoms with van der Waals surface area (Å²) in [7, 11) is 0. The largest absolute Gasteiger partial charge is 0.465 e. The van der Waals surface area contributed by atoms with Gasteiger partial charge in [0.2, 0.25) is 5.91 Å². The number of hydrogen-bond acceptors (Lipinski definition) is 10. The van der Waals surface area contributed by atoms with Crippen LogP contribution in [0.4, 0.5) is 0 Å². The molecule has 5 N–H and O–H groups in total. The monoisotopic (exact) mass is 556 g/mol. The van der Waals surface area contributed by atoms with Crippen molar-refractivity contribution in [1.82, 2.24) is 10.6 Å². The number of carbonyl (C=O) groups excluding carboxylic acids is 2. The zero-order valence-corrected chi connectivity index (χ0v) is 23.3. The van der Waals surface area contributed by atoms with Crippen LogP contribution in [0.1, 0.15) is 52.9 Å². The molecule has 4 aliphatic heterocycles. The van der Waals surface area contributed by atoms with E-state index in [2.05, 4.69) is 24.5 Å². The maximum absolute atomic E-state index is 13.5. The second-order valence-corrected chi connectivity index (χ2v) is 13.0. The highest BCUT2D eigenvalue weighted by atomic mass is 32.2. The first-order valence-electron chi connectivity index (χ1n) is 13.9. The number of nitrogens with one attached hydrogen (secondary N) is 2. The minimum Gasteiger partial charge on any atom is -0.465 e. The van der Waals surface area contributed by atoms with Gasteiger partial charge in [-0.2, -0.15) is 0 Å². The molecule has 216 valence electrons. The Morgan fingerprint density at radius 1 is 1.13 bits per heavy atom. The first kappa shape index (κ1) is 29.8. The molecular weight excluding hydrogens is 512 g/mol. The SMILES string of the molecule is CC(=O)OC[C@@H]1C/C=C\C[C@@H](NC(=O)[C@H]2NC[C@@H]3C[C@H](CC(C)C)CCO[C@H]32)C2OC(S1)C(O)C(O)C2O. The molecule has 10 nitrogen and oxygen atoms in total. The Hall–Kier alpha value is -1.21. The van der Waals surface area contributed by atoms with Crippen molar-refractivity contribution < 1.29 is 39.1 Å². The van der Waals surface area contributed by atoms with E-state index in [9.17, 15) is 24.9 Å². The van der Waals surface area contributed by atoms with Gasteiger partial charge in [0.25, 0.3) is 0 Å². The molecular formula is C27H44N2O8S. The van der Waals surface area contributed by atoms with Gasteiger partial charge in [-0.1, -0.05) is 26.0 Å². The van der Waals surface area contributed by atoms with Crippen LogP contribution in [-0.2, 0) is 23.8 Å². The van der Waals surface area contributed by atoms with Gasteiger partial charge in [-0.25, -0.2) is 0 Å². The number of esters is 1. The third-order valence-electron chi connectivity index (χ3n) is 8.04. The van der Waals surface area contributed by atoms with Crippen molar-refractivity contribution in [2.75, 3.05) is 19.8 Å². The number of aliphatic hydroxyl groups is 3. The van der Waals surface area contributed by atoms with Gasteiger partial charge < -0.3 is 40.2 Å². The number of aliphatic hydroxyl groups excluding tert-OH is 3. The quantitative estimate of drug-likeness (QED) is 0.234. The summed E-state index contributed by atoms with van der Waals surface area (Å²) in [5, 5.41) is 38.3. The smallest absolute Gasteiger partial charge is 0.302 e. The van der Waals surface area contributed by atoms with Crippen molar-refractivity contribution in [2.24, 2.45) is 17.8 Å². The number of fused-ring (bicyclic) bond motifs is 3. The molecule has 0 radical (unpaired) electrons. The summed E-state index contributed by atoms with van der Waals surface area (Å²) >= 11 is 1.25. The van der Waals surface area contributed by atoms with Crippen LogP contribution in [0.2, 0.25) is 0 Å². The van der Waals surface area contributed by atoms with Crippen molar-refractivity contribution in [3.8, 4) is 0 Å². The molecule has 0 aromatic heterocycles. The molecule has 1 amide bonds. The molecule has 38 heavy (non-hydrogen) atoms. The standard InChI is InChI=1S/C27H44N2O8S/c1-14(2)10-16-8-9-35-24-17(11-16)12-28-20(24)26(34)29-19-7-5-4-6-18(13-36-15(3)30)38-27-23(33)21(31)22(32)25(19)37-27/h4-5,14,16-25,27-28,31-33H,6-13H2,1-3H3,(H,29,34)/b5-4-/t16-,17-,18-,19+,20-,21?,22?,23?,24+,25?,27?/m0/s1. The van der Waals surface area contributed by atoms with Gasteiger partial charge in [-0.15, -0.1) is 11.8 Å². The second kappa shape index (κ2) is 13.4. The number of ether oxygens (including phenoxy) is 3. The van der Waals surface area contributed by atoms with Gasteiger partial charge in [0.15, 0.2) is 0 Å². The molecule has 2 bridgehead atoms. The lowest BCUT2D eigenvalue weighted by Gasteiger charge is -2.44. The summed E-state index contributed by atoms with van der Waals surface area (Å²) < 4.78 is 17.5. The van der Waals surface area contributed by atoms with Crippen LogP contribution in [0.25, 0.3) is 0 Å². The average molecular weight is 557 g/mol. The van der Waals surface area contributed by atoms with Crippen LogP contribution in [0.15, 0.2) is 12.2 Å². The maximum Gasteiger partial charge on any atom is 0.302 e. The van der Waals surface area contributed by atoms with Crippen molar-refractivity contribution >= 4 is 23.6 Å². The maximum atomic E-state index is 13.5. The zero-order chi connectivity index (χ0) is 27.4. The predicted molar refractivity (Wildman–Crippen MR) is 142 cm³/mol. The van der Waals surface area contributed by atoms with E-state index in [-0.39, 0.29) is 29.8 Å². The number of thioether (sulfide) groups is 1. The molecule has 4 heterocycles. The predicted octanol–water partition coefficient (Wildman–Crippen LogP) is 0.723. The molecule has 4 rings (SSSR count). The van der Waals surface area contributed by atoms with Crippen molar-refractivity contribution in [1.29, 1.82) is 0 Å². The van der Waals surface area contributed by atoms with Crippen molar-refractivity contribution in [2.45, 2.75) is 106 Å². The fraction of sp³-hybridized carbons (Fsp3) is 0.852. The van der Waals surface area contributed by atoms with Crippen LogP contribution in [-0.4, -0.2) is 100 Å². The van der Waals surface area contributed by atoms with Crippen LogP contribution >= 0.6 is 11.8 Å². The number of hydrogen-bond donors (Lipinski definition) is 5. The molecule has 0 spiro atoms. The molecule has 5 unspecified atom stereocenters. The van der Waals surface area contributed by atoms with Gasteiger partial charge >= 0.3 is 5.97 Å². The van der Waals surface area contributed by atoms with Gasteiger partial charge in [0.05, 0.1) is 12.1 Å². The van der Waals surface area contributed by atoms with Crippen LogP contribution < -0.4 is 10.6 Å². The third-order valence-corrected chi connectivity index (χ3v) is 9.41.